The van der Waals surface area contributed by atoms with Gasteiger partial charge in [-0.05, 0) is 43.1 Å². The van der Waals surface area contributed by atoms with Crippen molar-refractivity contribution < 1.29 is 4.74 Å². The number of hydrogen-bond acceptors (Lipinski definition) is 2. The molecule has 2 nitrogen and oxygen atoms in total. The summed E-state index contributed by atoms with van der Waals surface area (Å²) in [6, 6.07) is 6.51. The summed E-state index contributed by atoms with van der Waals surface area (Å²) in [7, 11) is 1.70. The Labute approximate surface area is 107 Å². The van der Waals surface area contributed by atoms with Crippen LogP contribution in [-0.2, 0) is 0 Å². The number of methoxy groups -OCH3 is 1. The average molecular weight is 286 g/mol. The lowest BCUT2D eigenvalue weighted by Crippen LogP contribution is -2.21. The van der Waals surface area contributed by atoms with E-state index in [2.05, 4.69) is 41.2 Å². The Morgan fingerprint density at radius 2 is 2.12 bits per heavy atom. The predicted octanol–water partition coefficient (Wildman–Crippen LogP) is 3.91. The van der Waals surface area contributed by atoms with Crippen LogP contribution in [0.1, 0.15) is 38.3 Å². The predicted molar refractivity (Wildman–Crippen MR) is 72.0 cm³/mol. The van der Waals surface area contributed by atoms with Crippen LogP contribution in [0.15, 0.2) is 22.7 Å². The molecular weight excluding hydrogens is 266 g/mol. The van der Waals surface area contributed by atoms with Gasteiger partial charge < -0.3 is 10.1 Å². The van der Waals surface area contributed by atoms with Gasteiger partial charge in [0.2, 0.25) is 0 Å². The zero-order valence-electron chi connectivity index (χ0n) is 10.2. The fourth-order valence-corrected chi connectivity index (χ4v) is 2.23. The molecule has 0 aliphatic heterocycles. The first-order valence-electron chi connectivity index (χ1n) is 5.79. The van der Waals surface area contributed by atoms with Crippen LogP contribution in [-0.4, -0.2) is 13.7 Å². The van der Waals surface area contributed by atoms with Crippen molar-refractivity contribution in [3.05, 3.63) is 28.2 Å². The van der Waals surface area contributed by atoms with Gasteiger partial charge in [-0.25, -0.2) is 0 Å². The Kier molecular flexibility index (Phi) is 5.85. The highest BCUT2D eigenvalue weighted by atomic mass is 79.9. The monoisotopic (exact) mass is 285 g/mol. The minimum absolute atomic E-state index is 0.393. The first kappa shape index (κ1) is 13.5. The normalized spacial score (nSPS) is 12.5. The van der Waals surface area contributed by atoms with E-state index in [4.69, 9.17) is 4.74 Å². The lowest BCUT2D eigenvalue weighted by Gasteiger charge is -2.19. The van der Waals surface area contributed by atoms with Crippen LogP contribution in [0.3, 0.4) is 0 Å². The highest BCUT2D eigenvalue weighted by Crippen LogP contribution is 2.29. The molecular formula is C13H20BrNO. The molecule has 0 radical (unpaired) electrons. The molecule has 0 aromatic heterocycles. The summed E-state index contributed by atoms with van der Waals surface area (Å²) in [5.74, 6) is 0.912. The lowest BCUT2D eigenvalue weighted by atomic mass is 10.0. The van der Waals surface area contributed by atoms with Gasteiger partial charge in [0.1, 0.15) is 5.75 Å². The third-order valence-corrected chi connectivity index (χ3v) is 3.35. The van der Waals surface area contributed by atoms with Crippen LogP contribution in [0, 0.1) is 0 Å². The minimum atomic E-state index is 0.393. The zero-order valence-corrected chi connectivity index (χ0v) is 11.8. The molecule has 0 saturated carbocycles. The third-order valence-electron chi connectivity index (χ3n) is 2.63. The van der Waals surface area contributed by atoms with Crippen molar-refractivity contribution in [1.29, 1.82) is 0 Å². The Morgan fingerprint density at radius 1 is 1.38 bits per heavy atom. The van der Waals surface area contributed by atoms with E-state index in [1.165, 1.54) is 5.56 Å². The summed E-state index contributed by atoms with van der Waals surface area (Å²) in [5, 5.41) is 3.54. The van der Waals surface area contributed by atoms with E-state index in [9.17, 15) is 0 Å². The second-order valence-corrected chi connectivity index (χ2v) is 4.66. The Balaban J connectivity index is 2.89. The molecule has 0 spiro atoms. The van der Waals surface area contributed by atoms with E-state index in [1.54, 1.807) is 7.11 Å². The standard InChI is InChI=1S/C13H20BrNO/c1-4-8-15-13(5-2)11-9-10(16-3)6-7-12(11)14/h6-7,9,13,15H,4-5,8H2,1-3H3. The van der Waals surface area contributed by atoms with E-state index in [1.807, 2.05) is 12.1 Å². The SMILES string of the molecule is CCCNC(CC)c1cc(OC)ccc1Br. The second kappa shape index (κ2) is 6.92. The van der Waals surface area contributed by atoms with Gasteiger partial charge >= 0.3 is 0 Å². The lowest BCUT2D eigenvalue weighted by molar-refractivity contribution is 0.412. The molecule has 1 aromatic carbocycles. The summed E-state index contributed by atoms with van der Waals surface area (Å²) >= 11 is 3.60. The Hall–Kier alpha value is -0.540. The number of benzene rings is 1. The summed E-state index contributed by atoms with van der Waals surface area (Å²) in [6.07, 6.45) is 2.23. The fourth-order valence-electron chi connectivity index (χ4n) is 1.71. The van der Waals surface area contributed by atoms with Crippen LogP contribution < -0.4 is 10.1 Å². The van der Waals surface area contributed by atoms with Crippen LogP contribution in [0.25, 0.3) is 0 Å². The van der Waals surface area contributed by atoms with Crippen molar-refractivity contribution in [2.75, 3.05) is 13.7 Å². The Bertz CT molecular complexity index is 328. The quantitative estimate of drug-likeness (QED) is 0.856. The summed E-state index contributed by atoms with van der Waals surface area (Å²) < 4.78 is 6.40. The molecule has 3 heteroatoms. The summed E-state index contributed by atoms with van der Waals surface area (Å²) in [4.78, 5) is 0. The maximum absolute atomic E-state index is 5.26. The molecule has 1 aromatic rings. The summed E-state index contributed by atoms with van der Waals surface area (Å²) in [6.45, 7) is 5.42. The maximum atomic E-state index is 5.26. The molecule has 90 valence electrons. The van der Waals surface area contributed by atoms with Gasteiger partial charge in [-0.3, -0.25) is 0 Å². The van der Waals surface area contributed by atoms with E-state index < -0.39 is 0 Å². The number of halogens is 1. The second-order valence-electron chi connectivity index (χ2n) is 3.80. The number of nitrogens with one attached hydrogen (secondary N) is 1. The van der Waals surface area contributed by atoms with E-state index >= 15 is 0 Å². The molecule has 0 aliphatic carbocycles. The fraction of sp³-hybridized carbons (Fsp3) is 0.538. The molecule has 0 amide bonds. The first-order chi connectivity index (χ1) is 7.72. The van der Waals surface area contributed by atoms with Crippen molar-refractivity contribution >= 4 is 15.9 Å². The van der Waals surface area contributed by atoms with E-state index in [-0.39, 0.29) is 0 Å². The van der Waals surface area contributed by atoms with Crippen molar-refractivity contribution in [3.8, 4) is 5.75 Å². The van der Waals surface area contributed by atoms with Crippen molar-refractivity contribution in [3.63, 3.8) is 0 Å². The third kappa shape index (κ3) is 3.49. The topological polar surface area (TPSA) is 21.3 Å². The zero-order chi connectivity index (χ0) is 12.0. The van der Waals surface area contributed by atoms with Crippen LogP contribution in [0.5, 0.6) is 5.75 Å². The highest BCUT2D eigenvalue weighted by molar-refractivity contribution is 9.10. The van der Waals surface area contributed by atoms with Gasteiger partial charge in [0.25, 0.3) is 0 Å². The maximum Gasteiger partial charge on any atom is 0.119 e. The molecule has 0 heterocycles. The number of hydrogen-bond donors (Lipinski definition) is 1. The average Bonchev–Trinajstić information content (AvgIpc) is 2.32. The smallest absolute Gasteiger partial charge is 0.119 e. The van der Waals surface area contributed by atoms with Crippen LogP contribution in [0.4, 0.5) is 0 Å². The summed E-state index contributed by atoms with van der Waals surface area (Å²) in [5.41, 5.74) is 1.27. The molecule has 1 N–H and O–H groups in total. The van der Waals surface area contributed by atoms with E-state index in [0.29, 0.717) is 6.04 Å². The van der Waals surface area contributed by atoms with Crippen molar-refractivity contribution in [1.82, 2.24) is 5.32 Å². The minimum Gasteiger partial charge on any atom is -0.497 e. The van der Waals surface area contributed by atoms with Gasteiger partial charge in [-0.2, -0.15) is 0 Å². The van der Waals surface area contributed by atoms with Crippen LogP contribution in [0.2, 0.25) is 0 Å². The molecule has 1 rings (SSSR count). The first-order valence-corrected chi connectivity index (χ1v) is 6.59. The van der Waals surface area contributed by atoms with Gasteiger partial charge in [0.15, 0.2) is 0 Å². The van der Waals surface area contributed by atoms with E-state index in [0.717, 1.165) is 29.6 Å². The molecule has 1 atom stereocenters. The molecule has 0 fully saturated rings. The molecule has 1 unspecified atom stereocenters. The van der Waals surface area contributed by atoms with Gasteiger partial charge in [-0.15, -0.1) is 0 Å². The molecule has 0 aliphatic rings. The molecule has 0 saturated heterocycles. The van der Waals surface area contributed by atoms with Gasteiger partial charge in [0.05, 0.1) is 7.11 Å². The highest BCUT2D eigenvalue weighted by Gasteiger charge is 2.12. The largest absolute Gasteiger partial charge is 0.497 e. The van der Waals surface area contributed by atoms with Crippen molar-refractivity contribution in [2.24, 2.45) is 0 Å². The van der Waals surface area contributed by atoms with Crippen LogP contribution >= 0.6 is 15.9 Å². The molecule has 0 bridgehead atoms. The number of ether oxygens (including phenoxy) is 1. The number of rotatable bonds is 6. The van der Waals surface area contributed by atoms with Gasteiger partial charge in [-0.1, -0.05) is 29.8 Å². The van der Waals surface area contributed by atoms with Gasteiger partial charge in [0, 0.05) is 10.5 Å². The van der Waals surface area contributed by atoms with Crippen molar-refractivity contribution in [2.45, 2.75) is 32.7 Å². The molecule has 16 heavy (non-hydrogen) atoms. The Morgan fingerprint density at radius 3 is 2.69 bits per heavy atom.